The number of rotatable bonds is 4. The van der Waals surface area contributed by atoms with Crippen molar-refractivity contribution in [2.45, 2.75) is 0 Å². The Kier molecular flexibility index (Phi) is 4.66. The molecule has 0 fully saturated rings. The number of hydrogen-bond acceptors (Lipinski definition) is 4. The Labute approximate surface area is 164 Å². The zero-order chi connectivity index (χ0) is 18.8. The van der Waals surface area contributed by atoms with Crippen LogP contribution in [0.4, 0.5) is 5.69 Å². The molecule has 0 spiro atoms. The maximum Gasteiger partial charge on any atom is 0.257 e. The van der Waals surface area contributed by atoms with E-state index in [1.807, 2.05) is 0 Å². The van der Waals surface area contributed by atoms with Gasteiger partial charge >= 0.3 is 0 Å². The van der Waals surface area contributed by atoms with Crippen molar-refractivity contribution in [1.29, 1.82) is 0 Å². The first-order valence-corrected chi connectivity index (χ1v) is 8.68. The number of anilines is 1. The molecule has 0 atom stereocenters. The second-order valence-electron chi connectivity index (χ2n) is 5.60. The molecule has 0 aliphatic carbocycles. The summed E-state index contributed by atoms with van der Waals surface area (Å²) in [4.78, 5) is 20.9. The lowest BCUT2D eigenvalue weighted by molar-refractivity contribution is 0.102. The number of nitrogens with zero attached hydrogens (tertiary/aromatic N) is 3. The van der Waals surface area contributed by atoms with E-state index in [2.05, 4.69) is 15.3 Å². The van der Waals surface area contributed by atoms with Crippen LogP contribution in [0.2, 0.25) is 10.0 Å². The van der Waals surface area contributed by atoms with Crippen molar-refractivity contribution in [1.82, 2.24) is 14.4 Å². The lowest BCUT2D eigenvalue weighted by atomic mass is 10.2. The summed E-state index contributed by atoms with van der Waals surface area (Å²) in [6, 6.07) is 12.0. The molecule has 8 heteroatoms. The quantitative estimate of drug-likeness (QED) is 0.520. The van der Waals surface area contributed by atoms with E-state index in [0.717, 1.165) is 5.65 Å². The number of aromatic nitrogens is 3. The number of carbonyl (C=O) groups excluding carboxylic acids is 1. The molecule has 0 radical (unpaired) electrons. The van der Waals surface area contributed by atoms with Crippen LogP contribution in [0.3, 0.4) is 0 Å². The fraction of sp³-hybridized carbons (Fsp3) is 0. The molecule has 0 unspecified atom stereocenters. The highest BCUT2D eigenvalue weighted by Gasteiger charge is 2.13. The van der Waals surface area contributed by atoms with E-state index in [4.69, 9.17) is 27.9 Å². The van der Waals surface area contributed by atoms with Crippen LogP contribution in [-0.4, -0.2) is 20.3 Å². The fourth-order valence-corrected chi connectivity index (χ4v) is 2.91. The van der Waals surface area contributed by atoms with Crippen LogP contribution in [-0.2, 0) is 0 Å². The van der Waals surface area contributed by atoms with Crippen LogP contribution in [0.1, 0.15) is 10.4 Å². The van der Waals surface area contributed by atoms with Gasteiger partial charge in [-0.3, -0.25) is 4.79 Å². The Morgan fingerprint density at radius 3 is 2.81 bits per heavy atom. The van der Waals surface area contributed by atoms with E-state index in [1.165, 1.54) is 12.3 Å². The van der Waals surface area contributed by atoms with Crippen LogP contribution in [0.15, 0.2) is 67.3 Å². The zero-order valence-corrected chi connectivity index (χ0v) is 15.3. The molecule has 1 N–H and O–H groups in total. The highest BCUT2D eigenvalue weighted by atomic mass is 35.5. The van der Waals surface area contributed by atoms with Gasteiger partial charge in [0.15, 0.2) is 5.75 Å². The minimum absolute atomic E-state index is 0.197. The second-order valence-corrected chi connectivity index (χ2v) is 6.45. The highest BCUT2D eigenvalue weighted by molar-refractivity contribution is 6.35. The smallest absolute Gasteiger partial charge is 0.257 e. The van der Waals surface area contributed by atoms with E-state index in [9.17, 15) is 4.79 Å². The highest BCUT2D eigenvalue weighted by Crippen LogP contribution is 2.33. The Morgan fingerprint density at radius 2 is 1.96 bits per heavy atom. The number of imidazole rings is 1. The fourth-order valence-electron chi connectivity index (χ4n) is 2.49. The van der Waals surface area contributed by atoms with Gasteiger partial charge in [-0.15, -0.1) is 0 Å². The van der Waals surface area contributed by atoms with Crippen molar-refractivity contribution in [2.24, 2.45) is 0 Å². The molecule has 0 aliphatic rings. The summed E-state index contributed by atoms with van der Waals surface area (Å²) in [5, 5.41) is 3.52. The number of fused-ring (bicyclic) bond motifs is 1. The summed E-state index contributed by atoms with van der Waals surface area (Å²) in [5.41, 5.74) is 1.73. The van der Waals surface area contributed by atoms with Crippen molar-refractivity contribution in [2.75, 3.05) is 5.32 Å². The third-order valence-electron chi connectivity index (χ3n) is 3.77. The maximum atomic E-state index is 12.6. The monoisotopic (exact) mass is 398 g/mol. The minimum atomic E-state index is -0.281. The number of carbonyl (C=O) groups is 1. The normalized spacial score (nSPS) is 10.7. The number of pyridine rings is 2. The van der Waals surface area contributed by atoms with Crippen LogP contribution in [0.25, 0.3) is 5.65 Å². The van der Waals surface area contributed by atoms with Crippen LogP contribution in [0.5, 0.6) is 11.6 Å². The summed E-state index contributed by atoms with van der Waals surface area (Å²) in [6.07, 6.45) is 6.59. The van der Waals surface area contributed by atoms with E-state index < -0.39 is 0 Å². The van der Waals surface area contributed by atoms with E-state index in [-0.39, 0.29) is 16.8 Å². The summed E-state index contributed by atoms with van der Waals surface area (Å²) in [6.45, 7) is 0. The molecule has 6 nitrogen and oxygen atoms in total. The number of halogens is 2. The van der Waals surface area contributed by atoms with Gasteiger partial charge in [-0.2, -0.15) is 0 Å². The Hall–Kier alpha value is -3.09. The van der Waals surface area contributed by atoms with Crippen LogP contribution < -0.4 is 10.1 Å². The largest absolute Gasteiger partial charge is 0.435 e. The predicted molar refractivity (Wildman–Crippen MR) is 104 cm³/mol. The molecule has 0 bridgehead atoms. The third-order valence-corrected chi connectivity index (χ3v) is 4.24. The van der Waals surface area contributed by atoms with Crippen molar-refractivity contribution < 1.29 is 9.53 Å². The van der Waals surface area contributed by atoms with Gasteiger partial charge in [0.2, 0.25) is 5.88 Å². The second kappa shape index (κ2) is 7.26. The summed E-state index contributed by atoms with van der Waals surface area (Å²) in [5.74, 6) is 0.325. The molecule has 3 aromatic heterocycles. The van der Waals surface area contributed by atoms with E-state index in [0.29, 0.717) is 22.0 Å². The van der Waals surface area contributed by atoms with Crippen LogP contribution >= 0.6 is 23.2 Å². The van der Waals surface area contributed by atoms with Crippen LogP contribution in [0, 0.1) is 0 Å². The van der Waals surface area contributed by atoms with Gasteiger partial charge in [0.1, 0.15) is 10.7 Å². The van der Waals surface area contributed by atoms with E-state index in [1.54, 1.807) is 59.4 Å². The molecule has 1 amide bonds. The number of para-hydroxylation sites is 2. The molecule has 0 aliphatic heterocycles. The molecule has 0 saturated carbocycles. The lowest BCUT2D eigenvalue weighted by Gasteiger charge is -2.12. The number of amides is 1. The number of nitrogens with one attached hydrogen (secondary N) is 1. The predicted octanol–water partition coefficient (Wildman–Crippen LogP) is 5.08. The topological polar surface area (TPSA) is 68.5 Å². The SMILES string of the molecule is O=C(Nc1ccccc1Oc1ncc(Cl)cc1Cl)c1ccc2nccn2c1. The maximum absolute atomic E-state index is 12.6. The molecule has 134 valence electrons. The molecule has 4 aromatic rings. The number of hydrogen-bond donors (Lipinski definition) is 1. The molecule has 4 rings (SSSR count). The minimum Gasteiger partial charge on any atom is -0.435 e. The van der Waals surface area contributed by atoms with Crippen molar-refractivity contribution >= 4 is 40.4 Å². The van der Waals surface area contributed by atoms with Gasteiger partial charge in [-0.05, 0) is 30.3 Å². The van der Waals surface area contributed by atoms with Gasteiger partial charge in [-0.1, -0.05) is 35.3 Å². The average Bonchev–Trinajstić information content (AvgIpc) is 3.13. The molecule has 0 saturated heterocycles. The molecular formula is C19H12Cl2N4O2. The third kappa shape index (κ3) is 3.72. The Bertz CT molecular complexity index is 1140. The molecule has 27 heavy (non-hydrogen) atoms. The van der Waals surface area contributed by atoms with Gasteiger partial charge in [-0.25, -0.2) is 9.97 Å². The van der Waals surface area contributed by atoms with Gasteiger partial charge in [0, 0.05) is 24.8 Å². The van der Waals surface area contributed by atoms with Gasteiger partial charge in [0.25, 0.3) is 5.91 Å². The number of ether oxygens (including phenoxy) is 1. The number of benzene rings is 1. The average molecular weight is 399 g/mol. The van der Waals surface area contributed by atoms with Crippen molar-refractivity contribution in [3.63, 3.8) is 0 Å². The van der Waals surface area contributed by atoms with Crippen molar-refractivity contribution in [3.8, 4) is 11.6 Å². The Balaban J connectivity index is 1.59. The molecule has 3 heterocycles. The zero-order valence-electron chi connectivity index (χ0n) is 13.8. The van der Waals surface area contributed by atoms with Crippen molar-refractivity contribution in [3.05, 3.63) is 82.9 Å². The van der Waals surface area contributed by atoms with E-state index >= 15 is 0 Å². The Morgan fingerprint density at radius 1 is 1.11 bits per heavy atom. The molecule has 1 aromatic carbocycles. The summed E-state index contributed by atoms with van der Waals surface area (Å²) < 4.78 is 7.53. The standard InChI is InChI=1S/C19H12Cl2N4O2/c20-13-9-14(21)19(23-10-13)27-16-4-2-1-3-15(16)24-18(26)12-5-6-17-22-7-8-25(17)11-12/h1-11H,(H,24,26). The first kappa shape index (κ1) is 17.3. The first-order valence-electron chi connectivity index (χ1n) is 7.92. The lowest BCUT2D eigenvalue weighted by Crippen LogP contribution is -2.13. The summed E-state index contributed by atoms with van der Waals surface area (Å²) >= 11 is 12.0. The summed E-state index contributed by atoms with van der Waals surface area (Å²) in [7, 11) is 0. The van der Waals surface area contributed by atoms with Gasteiger partial charge < -0.3 is 14.5 Å². The molecular weight excluding hydrogens is 387 g/mol. The van der Waals surface area contributed by atoms with Gasteiger partial charge in [0.05, 0.1) is 16.3 Å². The first-order chi connectivity index (χ1) is 13.1.